The molecule has 4 heteroatoms. The third-order valence-corrected chi connectivity index (χ3v) is 3.50. The molecular formula is C16H16F2O2. The van der Waals surface area contributed by atoms with Gasteiger partial charge in [-0.1, -0.05) is 24.3 Å². The molecule has 0 amide bonds. The van der Waals surface area contributed by atoms with Gasteiger partial charge in [0.15, 0.2) is 0 Å². The Kier molecular flexibility index (Phi) is 4.47. The van der Waals surface area contributed by atoms with Crippen LogP contribution in [0.1, 0.15) is 11.1 Å². The second kappa shape index (κ2) is 6.11. The topological polar surface area (TPSA) is 40.5 Å². The summed E-state index contributed by atoms with van der Waals surface area (Å²) in [6.45, 7) is -0.658. The lowest BCUT2D eigenvalue weighted by Gasteiger charge is -2.30. The summed E-state index contributed by atoms with van der Waals surface area (Å²) in [5.74, 6) is -0.772. The maximum atomic E-state index is 13.3. The molecule has 0 aliphatic carbocycles. The molecule has 2 rings (SSSR count). The second-order valence-corrected chi connectivity index (χ2v) is 4.91. The SMILES string of the molecule is OCC(CO)(Cc1ccc(F)cc1)c1cccc(F)c1. The van der Waals surface area contributed by atoms with Crippen LogP contribution in [-0.2, 0) is 11.8 Å². The average Bonchev–Trinajstić information content (AvgIpc) is 2.47. The maximum absolute atomic E-state index is 13.3. The molecule has 0 fully saturated rings. The van der Waals surface area contributed by atoms with Gasteiger partial charge in [-0.3, -0.25) is 0 Å². The van der Waals surface area contributed by atoms with E-state index in [2.05, 4.69) is 0 Å². The third-order valence-electron chi connectivity index (χ3n) is 3.50. The van der Waals surface area contributed by atoms with Crippen LogP contribution >= 0.6 is 0 Å². The van der Waals surface area contributed by atoms with E-state index in [1.54, 1.807) is 18.2 Å². The van der Waals surface area contributed by atoms with E-state index in [4.69, 9.17) is 0 Å². The van der Waals surface area contributed by atoms with Gasteiger partial charge in [0.25, 0.3) is 0 Å². The molecule has 0 aliphatic heterocycles. The minimum atomic E-state index is -0.986. The molecule has 2 aromatic rings. The summed E-state index contributed by atoms with van der Waals surface area (Å²) < 4.78 is 26.3. The largest absolute Gasteiger partial charge is 0.395 e. The predicted molar refractivity (Wildman–Crippen MR) is 72.4 cm³/mol. The fourth-order valence-corrected chi connectivity index (χ4v) is 2.26. The minimum Gasteiger partial charge on any atom is -0.395 e. The van der Waals surface area contributed by atoms with Crippen molar-refractivity contribution in [3.63, 3.8) is 0 Å². The number of hydrogen-bond acceptors (Lipinski definition) is 2. The first-order valence-electron chi connectivity index (χ1n) is 6.32. The normalized spacial score (nSPS) is 11.6. The summed E-state index contributed by atoms with van der Waals surface area (Å²) >= 11 is 0. The van der Waals surface area contributed by atoms with Gasteiger partial charge in [0.1, 0.15) is 11.6 Å². The van der Waals surface area contributed by atoms with Crippen molar-refractivity contribution in [2.75, 3.05) is 13.2 Å². The lowest BCUT2D eigenvalue weighted by molar-refractivity contribution is 0.116. The number of aliphatic hydroxyl groups excluding tert-OH is 2. The zero-order valence-corrected chi connectivity index (χ0v) is 10.9. The number of halogens is 2. The third kappa shape index (κ3) is 3.03. The van der Waals surface area contributed by atoms with Crippen molar-refractivity contribution in [1.82, 2.24) is 0 Å². The van der Waals surface area contributed by atoms with Crippen molar-refractivity contribution in [2.45, 2.75) is 11.8 Å². The molecule has 2 nitrogen and oxygen atoms in total. The van der Waals surface area contributed by atoms with E-state index in [0.29, 0.717) is 12.0 Å². The van der Waals surface area contributed by atoms with Crippen LogP contribution in [0.15, 0.2) is 48.5 Å². The van der Waals surface area contributed by atoms with Gasteiger partial charge in [-0.05, 0) is 41.8 Å². The number of rotatable bonds is 5. The van der Waals surface area contributed by atoms with Gasteiger partial charge in [0.05, 0.1) is 13.2 Å². The van der Waals surface area contributed by atoms with Gasteiger partial charge in [-0.2, -0.15) is 0 Å². The van der Waals surface area contributed by atoms with E-state index in [9.17, 15) is 19.0 Å². The molecule has 0 saturated carbocycles. The summed E-state index contributed by atoms with van der Waals surface area (Å²) in [6, 6.07) is 11.6. The Morgan fingerprint density at radius 3 is 2.05 bits per heavy atom. The van der Waals surface area contributed by atoms with Crippen LogP contribution in [0.2, 0.25) is 0 Å². The van der Waals surface area contributed by atoms with Crippen LogP contribution in [0, 0.1) is 11.6 Å². The Morgan fingerprint density at radius 1 is 0.850 bits per heavy atom. The zero-order valence-electron chi connectivity index (χ0n) is 10.9. The lowest BCUT2D eigenvalue weighted by Crippen LogP contribution is -2.37. The molecular weight excluding hydrogens is 262 g/mol. The van der Waals surface area contributed by atoms with E-state index in [1.165, 1.54) is 30.3 Å². The first-order chi connectivity index (χ1) is 9.59. The summed E-state index contributed by atoms with van der Waals surface area (Å²) in [7, 11) is 0. The quantitative estimate of drug-likeness (QED) is 0.882. The summed E-state index contributed by atoms with van der Waals surface area (Å²) in [6.07, 6.45) is 0.295. The Balaban J connectivity index is 2.36. The Hall–Kier alpha value is -1.78. The van der Waals surface area contributed by atoms with Gasteiger partial charge in [0, 0.05) is 5.41 Å². The van der Waals surface area contributed by atoms with Crippen LogP contribution in [0.3, 0.4) is 0 Å². The molecule has 106 valence electrons. The summed E-state index contributed by atoms with van der Waals surface area (Å²) in [5.41, 5.74) is 0.297. The standard InChI is InChI=1S/C16H16F2O2/c17-14-6-4-12(5-7-14)9-16(10-19,11-20)13-2-1-3-15(18)8-13/h1-8,19-20H,9-11H2. The monoisotopic (exact) mass is 278 g/mol. The zero-order chi connectivity index (χ0) is 14.6. The van der Waals surface area contributed by atoms with Crippen molar-refractivity contribution < 1.29 is 19.0 Å². The molecule has 2 N–H and O–H groups in total. The van der Waals surface area contributed by atoms with Gasteiger partial charge in [0.2, 0.25) is 0 Å². The first-order valence-corrected chi connectivity index (χ1v) is 6.32. The summed E-state index contributed by atoms with van der Waals surface area (Å²) in [4.78, 5) is 0. The van der Waals surface area contributed by atoms with Crippen molar-refractivity contribution in [3.05, 3.63) is 71.3 Å². The molecule has 2 aromatic carbocycles. The van der Waals surface area contributed by atoms with Gasteiger partial charge >= 0.3 is 0 Å². The highest BCUT2D eigenvalue weighted by atomic mass is 19.1. The van der Waals surface area contributed by atoms with E-state index in [0.717, 1.165) is 5.56 Å². The highest BCUT2D eigenvalue weighted by Gasteiger charge is 2.31. The number of hydrogen-bond donors (Lipinski definition) is 2. The van der Waals surface area contributed by atoms with E-state index >= 15 is 0 Å². The predicted octanol–water partition coefficient (Wildman–Crippen LogP) is 2.43. The smallest absolute Gasteiger partial charge is 0.123 e. The highest BCUT2D eigenvalue weighted by Crippen LogP contribution is 2.28. The van der Waals surface area contributed by atoms with Crippen LogP contribution in [-0.4, -0.2) is 23.4 Å². The van der Waals surface area contributed by atoms with Crippen molar-refractivity contribution in [3.8, 4) is 0 Å². The van der Waals surface area contributed by atoms with Crippen molar-refractivity contribution in [2.24, 2.45) is 0 Å². The molecule has 0 aliphatic rings. The molecule has 0 atom stereocenters. The van der Waals surface area contributed by atoms with Crippen LogP contribution in [0.25, 0.3) is 0 Å². The second-order valence-electron chi connectivity index (χ2n) is 4.91. The fraction of sp³-hybridized carbons (Fsp3) is 0.250. The highest BCUT2D eigenvalue weighted by molar-refractivity contribution is 5.30. The molecule has 0 radical (unpaired) electrons. The maximum Gasteiger partial charge on any atom is 0.123 e. The number of aliphatic hydroxyl groups is 2. The van der Waals surface area contributed by atoms with Crippen molar-refractivity contribution in [1.29, 1.82) is 0 Å². The van der Waals surface area contributed by atoms with Crippen molar-refractivity contribution >= 4 is 0 Å². The van der Waals surface area contributed by atoms with E-state index in [-0.39, 0.29) is 19.0 Å². The minimum absolute atomic E-state index is 0.295. The van der Waals surface area contributed by atoms with Gasteiger partial charge in [-0.15, -0.1) is 0 Å². The summed E-state index contributed by atoms with van der Waals surface area (Å²) in [5, 5.41) is 19.4. The Labute approximate surface area is 116 Å². The molecule has 0 saturated heterocycles. The van der Waals surface area contributed by atoms with E-state index < -0.39 is 11.2 Å². The Morgan fingerprint density at radius 2 is 1.50 bits per heavy atom. The molecule has 0 aromatic heterocycles. The average molecular weight is 278 g/mol. The van der Waals surface area contributed by atoms with Gasteiger partial charge < -0.3 is 10.2 Å². The molecule has 0 heterocycles. The molecule has 0 unspecified atom stereocenters. The van der Waals surface area contributed by atoms with Crippen LogP contribution < -0.4 is 0 Å². The fourth-order valence-electron chi connectivity index (χ4n) is 2.26. The Bertz CT molecular complexity index is 563. The first kappa shape index (κ1) is 14.6. The molecule has 0 spiro atoms. The van der Waals surface area contributed by atoms with Crippen LogP contribution in [0.5, 0.6) is 0 Å². The molecule has 20 heavy (non-hydrogen) atoms. The number of benzene rings is 2. The lowest BCUT2D eigenvalue weighted by atomic mass is 9.77. The van der Waals surface area contributed by atoms with Gasteiger partial charge in [-0.25, -0.2) is 8.78 Å². The molecule has 0 bridgehead atoms. The van der Waals surface area contributed by atoms with Crippen LogP contribution in [0.4, 0.5) is 8.78 Å². The van der Waals surface area contributed by atoms with E-state index in [1.807, 2.05) is 0 Å².